The van der Waals surface area contributed by atoms with Gasteiger partial charge in [-0.3, -0.25) is 24.7 Å². The molecule has 0 N–H and O–H groups in total. The van der Waals surface area contributed by atoms with Crippen LogP contribution in [0.3, 0.4) is 0 Å². The van der Waals surface area contributed by atoms with Crippen LogP contribution in [-0.2, 0) is 0 Å². The van der Waals surface area contributed by atoms with Crippen LogP contribution >= 0.6 is 0 Å². The number of rotatable bonds is 2. The summed E-state index contributed by atoms with van der Waals surface area (Å²) < 4.78 is 0. The molecule has 1 heterocycles. The van der Waals surface area contributed by atoms with Crippen LogP contribution in [-0.4, -0.2) is 21.5 Å². The van der Waals surface area contributed by atoms with Gasteiger partial charge < -0.3 is 0 Å². The molecule has 20 heavy (non-hydrogen) atoms. The van der Waals surface area contributed by atoms with Crippen LogP contribution in [0, 0.1) is 10.1 Å². The highest BCUT2D eigenvalue weighted by atomic mass is 16.6. The molecule has 1 atom stereocenters. The fourth-order valence-corrected chi connectivity index (χ4v) is 2.33. The molecule has 3 rings (SSSR count). The molecular weight excluding hydrogens is 260 g/mol. The van der Waals surface area contributed by atoms with E-state index in [-0.39, 0.29) is 17.3 Å². The molecule has 98 valence electrons. The smallest absolute Gasteiger partial charge is 0.269 e. The quantitative estimate of drug-likeness (QED) is 0.473. The van der Waals surface area contributed by atoms with E-state index < -0.39 is 10.8 Å². The van der Waals surface area contributed by atoms with Crippen LogP contribution in [0.25, 0.3) is 0 Å². The van der Waals surface area contributed by atoms with Crippen LogP contribution in [0.4, 0.5) is 5.69 Å². The van der Waals surface area contributed by atoms with Crippen LogP contribution in [0.1, 0.15) is 32.2 Å². The molecule has 0 saturated carbocycles. The number of hydrogen-bond acceptors (Lipinski definition) is 5. The summed E-state index contributed by atoms with van der Waals surface area (Å²) in [6, 6.07) is 6.98. The minimum atomic E-state index is -0.921. The van der Waals surface area contributed by atoms with Crippen molar-refractivity contribution in [3.05, 3.63) is 69.5 Å². The van der Waals surface area contributed by atoms with Crippen LogP contribution in [0.15, 0.2) is 42.7 Å². The number of hydrogen-bond donors (Lipinski definition) is 0. The number of nitro benzene ring substituents is 1. The monoisotopic (exact) mass is 268 g/mol. The predicted molar refractivity (Wildman–Crippen MR) is 68.7 cm³/mol. The van der Waals surface area contributed by atoms with E-state index in [1.807, 2.05) is 0 Å². The second kappa shape index (κ2) is 4.34. The average molecular weight is 268 g/mol. The molecule has 0 radical (unpaired) electrons. The lowest BCUT2D eigenvalue weighted by molar-refractivity contribution is -0.384. The van der Waals surface area contributed by atoms with E-state index in [0.29, 0.717) is 16.7 Å². The van der Waals surface area contributed by atoms with Crippen molar-refractivity contribution in [1.29, 1.82) is 0 Å². The molecule has 1 aromatic heterocycles. The summed E-state index contributed by atoms with van der Waals surface area (Å²) >= 11 is 0. The highest BCUT2D eigenvalue weighted by Gasteiger charge is 2.39. The fraction of sp³-hybridized carbons (Fsp3) is 0.0714. The molecule has 0 bridgehead atoms. The lowest BCUT2D eigenvalue weighted by Crippen LogP contribution is -2.12. The SMILES string of the molecule is O=C1c2ccncc2C(=O)C1c1ccc([N+](=O)[O-])cc1. The lowest BCUT2D eigenvalue weighted by atomic mass is 9.94. The van der Waals surface area contributed by atoms with Gasteiger partial charge >= 0.3 is 0 Å². The number of carbonyl (C=O) groups excluding carboxylic acids is 2. The zero-order chi connectivity index (χ0) is 14.3. The molecule has 0 aliphatic heterocycles. The summed E-state index contributed by atoms with van der Waals surface area (Å²) in [5.74, 6) is -1.52. The third-order valence-electron chi connectivity index (χ3n) is 3.31. The molecule has 0 spiro atoms. The molecule has 1 aliphatic carbocycles. The number of Topliss-reactive ketones (excluding diaryl/α,β-unsaturated/α-hetero) is 2. The van der Waals surface area contributed by atoms with E-state index in [1.165, 1.54) is 42.7 Å². The summed E-state index contributed by atoms with van der Waals surface area (Å²) in [4.78, 5) is 38.4. The van der Waals surface area contributed by atoms with Gasteiger partial charge in [0, 0.05) is 35.7 Å². The first-order chi connectivity index (χ1) is 9.59. The first kappa shape index (κ1) is 12.2. The van der Waals surface area contributed by atoms with Gasteiger partial charge in [-0.05, 0) is 11.6 Å². The number of fused-ring (bicyclic) bond motifs is 1. The topological polar surface area (TPSA) is 90.2 Å². The first-order valence-electron chi connectivity index (χ1n) is 5.86. The number of carbonyl (C=O) groups is 2. The Bertz CT molecular complexity index is 702. The summed E-state index contributed by atoms with van der Waals surface area (Å²) in [5.41, 5.74) is 1.04. The van der Waals surface area contributed by atoms with Crippen molar-refractivity contribution in [2.24, 2.45) is 0 Å². The Kier molecular flexibility index (Phi) is 2.64. The van der Waals surface area contributed by atoms with Crippen molar-refractivity contribution in [3.8, 4) is 0 Å². The number of pyridine rings is 1. The van der Waals surface area contributed by atoms with E-state index in [1.54, 1.807) is 0 Å². The largest absolute Gasteiger partial charge is 0.293 e. The zero-order valence-electron chi connectivity index (χ0n) is 10.1. The number of ketones is 2. The van der Waals surface area contributed by atoms with E-state index in [4.69, 9.17) is 0 Å². The molecule has 6 heteroatoms. The Hall–Kier alpha value is -2.89. The summed E-state index contributed by atoms with van der Waals surface area (Å²) in [5, 5.41) is 10.6. The number of aromatic nitrogens is 1. The first-order valence-corrected chi connectivity index (χ1v) is 5.86. The Balaban J connectivity index is 2.02. The minimum Gasteiger partial charge on any atom is -0.293 e. The zero-order valence-corrected chi connectivity index (χ0v) is 10.1. The Labute approximate surface area is 113 Å². The maximum Gasteiger partial charge on any atom is 0.269 e. The van der Waals surface area contributed by atoms with Gasteiger partial charge in [-0.2, -0.15) is 0 Å². The molecule has 0 fully saturated rings. The second-order valence-electron chi connectivity index (χ2n) is 4.43. The number of benzene rings is 1. The van der Waals surface area contributed by atoms with Gasteiger partial charge in [0.25, 0.3) is 5.69 Å². The number of nitro groups is 1. The van der Waals surface area contributed by atoms with Crippen LogP contribution in [0.2, 0.25) is 0 Å². The second-order valence-corrected chi connectivity index (χ2v) is 4.43. The van der Waals surface area contributed by atoms with E-state index >= 15 is 0 Å². The lowest BCUT2D eigenvalue weighted by Gasteiger charge is -2.06. The van der Waals surface area contributed by atoms with Crippen molar-refractivity contribution in [1.82, 2.24) is 4.98 Å². The number of nitrogens with zero attached hydrogens (tertiary/aromatic N) is 2. The standard InChI is InChI=1S/C14H8N2O4/c17-13-10-5-6-15-7-11(10)14(18)12(13)8-1-3-9(4-2-8)16(19)20/h1-7,12H. The van der Waals surface area contributed by atoms with Crippen LogP contribution < -0.4 is 0 Å². The maximum absolute atomic E-state index is 12.2. The summed E-state index contributed by atoms with van der Waals surface area (Å²) in [6.45, 7) is 0. The number of non-ortho nitro benzene ring substituents is 1. The molecular formula is C14H8N2O4. The summed E-state index contributed by atoms with van der Waals surface area (Å²) in [6.07, 6.45) is 2.84. The molecule has 0 amide bonds. The van der Waals surface area contributed by atoms with Crippen molar-refractivity contribution < 1.29 is 14.5 Å². The highest BCUT2D eigenvalue weighted by molar-refractivity contribution is 6.29. The van der Waals surface area contributed by atoms with Gasteiger partial charge in [-0.15, -0.1) is 0 Å². The molecule has 2 aromatic rings. The average Bonchev–Trinajstić information content (AvgIpc) is 2.72. The Morgan fingerprint density at radius 3 is 2.25 bits per heavy atom. The van der Waals surface area contributed by atoms with Crippen molar-refractivity contribution in [2.75, 3.05) is 0 Å². The van der Waals surface area contributed by atoms with Crippen LogP contribution in [0.5, 0.6) is 0 Å². The third-order valence-corrected chi connectivity index (χ3v) is 3.31. The van der Waals surface area contributed by atoms with Gasteiger partial charge in [0.15, 0.2) is 11.6 Å². The van der Waals surface area contributed by atoms with Gasteiger partial charge in [0.1, 0.15) is 5.92 Å². The van der Waals surface area contributed by atoms with Gasteiger partial charge in [-0.1, -0.05) is 12.1 Å². The highest BCUT2D eigenvalue weighted by Crippen LogP contribution is 2.33. The molecule has 1 unspecified atom stereocenters. The predicted octanol–water partition coefficient (Wildman–Crippen LogP) is 2.15. The van der Waals surface area contributed by atoms with Gasteiger partial charge in [0.2, 0.25) is 0 Å². The summed E-state index contributed by atoms with van der Waals surface area (Å²) in [7, 11) is 0. The fourth-order valence-electron chi connectivity index (χ4n) is 2.33. The minimum absolute atomic E-state index is 0.0779. The normalized spacial score (nSPS) is 17.1. The van der Waals surface area contributed by atoms with Gasteiger partial charge in [-0.25, -0.2) is 0 Å². The third kappa shape index (κ3) is 1.70. The Morgan fingerprint density at radius 1 is 1.00 bits per heavy atom. The maximum atomic E-state index is 12.2. The Morgan fingerprint density at radius 2 is 1.65 bits per heavy atom. The van der Waals surface area contributed by atoms with Crippen molar-refractivity contribution in [3.63, 3.8) is 0 Å². The molecule has 1 aromatic carbocycles. The van der Waals surface area contributed by atoms with E-state index in [9.17, 15) is 19.7 Å². The van der Waals surface area contributed by atoms with Gasteiger partial charge in [0.05, 0.1) is 4.92 Å². The molecule has 0 saturated heterocycles. The molecule has 6 nitrogen and oxygen atoms in total. The van der Waals surface area contributed by atoms with Crippen molar-refractivity contribution >= 4 is 17.3 Å². The van der Waals surface area contributed by atoms with E-state index in [0.717, 1.165) is 0 Å². The van der Waals surface area contributed by atoms with Crippen molar-refractivity contribution in [2.45, 2.75) is 5.92 Å². The molecule has 1 aliphatic rings. The van der Waals surface area contributed by atoms with E-state index in [2.05, 4.69) is 4.98 Å².